The summed E-state index contributed by atoms with van der Waals surface area (Å²) in [5.41, 5.74) is 0. The van der Waals surface area contributed by atoms with E-state index < -0.39 is 0 Å². The molecule has 0 aromatic carbocycles. The quantitative estimate of drug-likeness (QED) is 0.380. The van der Waals surface area contributed by atoms with Gasteiger partial charge in [0.1, 0.15) is 0 Å². The second-order valence-corrected chi connectivity index (χ2v) is 0. The van der Waals surface area contributed by atoms with Gasteiger partial charge in [-0.25, -0.2) is 0 Å². The molecule has 0 saturated carbocycles. The molecule has 0 saturated heterocycles. The number of halogens is 1. The molecule has 0 bridgehead atoms. The maximum atomic E-state index is 0. The zero-order valence-corrected chi connectivity index (χ0v) is 5.82. The molecule has 0 amide bonds. The fourth-order valence-electron chi connectivity index (χ4n) is 0. The molecule has 0 aliphatic rings. The summed E-state index contributed by atoms with van der Waals surface area (Å²) in [6, 6.07) is 0. The van der Waals surface area contributed by atoms with Crippen LogP contribution in [0.25, 0.3) is 0 Å². The third kappa shape index (κ3) is 9.26. The molecule has 0 unspecified atom stereocenters. The van der Waals surface area contributed by atoms with Crippen LogP contribution in [0.5, 0.6) is 0 Å². The molecule has 0 fully saturated rings. The van der Waals surface area contributed by atoms with Gasteiger partial charge < -0.3 is 0 Å². The molecule has 0 aliphatic heterocycles. The molecule has 0 atom stereocenters. The molecule has 0 aliphatic carbocycles. The van der Waals surface area contributed by atoms with Crippen LogP contribution in [0.4, 0.5) is 4.70 Å². The Kier molecular flexibility index (Phi) is 231. The van der Waals surface area contributed by atoms with Crippen molar-refractivity contribution in [1.82, 2.24) is 0 Å². The molecule has 0 rings (SSSR count). The second kappa shape index (κ2) is 21.8. The van der Waals surface area contributed by atoms with Gasteiger partial charge in [0, 0.05) is 57.5 Å². The van der Waals surface area contributed by atoms with Crippen molar-refractivity contribution in [2.75, 3.05) is 0 Å². The van der Waals surface area contributed by atoms with E-state index in [9.17, 15) is 0 Å². The van der Waals surface area contributed by atoms with Gasteiger partial charge in [0.15, 0.2) is 0 Å². The van der Waals surface area contributed by atoms with Crippen molar-refractivity contribution in [2.45, 2.75) is 0 Å². The van der Waals surface area contributed by atoms with Crippen molar-refractivity contribution in [3.8, 4) is 0 Å². The molecule has 0 heterocycles. The molecule has 4 heavy (non-hydrogen) atoms. The van der Waals surface area contributed by atoms with E-state index in [-0.39, 0.29) is 62.2 Å². The largest absolute Gasteiger partial charge is 0.269 e. The fourth-order valence-corrected chi connectivity index (χ4v) is 0. The van der Waals surface area contributed by atoms with E-state index >= 15 is 0 Å². The van der Waals surface area contributed by atoms with Crippen LogP contribution in [0.15, 0.2) is 0 Å². The zero-order valence-electron chi connectivity index (χ0n) is 2.07. The summed E-state index contributed by atoms with van der Waals surface area (Å²) in [4.78, 5) is 0. The third-order valence-electron chi connectivity index (χ3n) is 0. The minimum absolute atomic E-state index is 0. The van der Waals surface area contributed by atoms with Gasteiger partial charge in [0.25, 0.3) is 0 Å². The molecular weight excluding hydrogens is 125 g/mol. The monoisotopic (exact) mass is 126 g/mol. The van der Waals surface area contributed by atoms with Crippen molar-refractivity contribution in [1.29, 1.82) is 0 Å². The minimum atomic E-state index is 0. The summed E-state index contributed by atoms with van der Waals surface area (Å²) < 4.78 is 0. The van der Waals surface area contributed by atoms with Crippen molar-refractivity contribution >= 4 is 40.4 Å². The van der Waals surface area contributed by atoms with Crippen LogP contribution < -0.4 is 0 Å². The van der Waals surface area contributed by atoms with Gasteiger partial charge in [-0.3, -0.25) is 4.70 Å². The smallest absolute Gasteiger partial charge is 0 e. The Morgan fingerprint density at radius 2 is 1.00 bits per heavy atom. The van der Waals surface area contributed by atoms with Crippen molar-refractivity contribution in [3.05, 3.63) is 0 Å². The van der Waals surface area contributed by atoms with E-state index in [0.717, 1.165) is 0 Å². The summed E-state index contributed by atoms with van der Waals surface area (Å²) in [5.74, 6) is 0. The molecule has 0 nitrogen and oxygen atoms in total. The number of rotatable bonds is 0. The average Bonchev–Trinajstić information content (AvgIpc) is 0. The van der Waals surface area contributed by atoms with Crippen LogP contribution in [-0.2, 0) is 17.1 Å². The Bertz CT molecular complexity index is 8.00. The average molecular weight is 126 g/mol. The molecule has 0 aromatic rings. The normalized spacial score (nSPS) is 0. The zero-order chi connectivity index (χ0) is 0. The first-order valence-corrected chi connectivity index (χ1v) is 0. The molecular formula is HAlFMgMn. The fraction of sp³-hybridized carbons (Fsp3) is 0. The van der Waals surface area contributed by atoms with Gasteiger partial charge in [0.2, 0.25) is 0 Å². The molecule has 6 radical (unpaired) electrons. The van der Waals surface area contributed by atoms with Gasteiger partial charge in [-0.05, 0) is 0 Å². The van der Waals surface area contributed by atoms with Crippen molar-refractivity contribution in [2.24, 2.45) is 0 Å². The molecule has 4 heteroatoms. The first kappa shape index (κ1) is 42.4. The second-order valence-electron chi connectivity index (χ2n) is 0. The predicted octanol–water partition coefficient (Wildman–Crippen LogP) is -0.612. The standard InChI is InChI=1S/Al.FH.Mg.Mn/h;1H;;. The molecule has 0 spiro atoms. The summed E-state index contributed by atoms with van der Waals surface area (Å²) in [7, 11) is 0. The van der Waals surface area contributed by atoms with E-state index in [2.05, 4.69) is 0 Å². The first-order valence-electron chi connectivity index (χ1n) is 0. The minimum Gasteiger partial charge on any atom is -0.269 e. The summed E-state index contributed by atoms with van der Waals surface area (Å²) in [6.45, 7) is 0. The summed E-state index contributed by atoms with van der Waals surface area (Å²) in [6.07, 6.45) is 0. The maximum absolute atomic E-state index is 0. The van der Waals surface area contributed by atoms with E-state index in [1.165, 1.54) is 0 Å². The van der Waals surface area contributed by atoms with E-state index in [1.54, 1.807) is 0 Å². The Hall–Kier alpha value is 1.75. The topological polar surface area (TPSA) is 0 Å². The molecule has 0 aromatic heterocycles. The maximum Gasteiger partial charge on any atom is 0 e. The summed E-state index contributed by atoms with van der Waals surface area (Å²) in [5, 5.41) is 0. The Labute approximate surface area is 61.8 Å². The van der Waals surface area contributed by atoms with Gasteiger partial charge in [0.05, 0.1) is 0 Å². The van der Waals surface area contributed by atoms with E-state index in [0.29, 0.717) is 0 Å². The van der Waals surface area contributed by atoms with Crippen LogP contribution in [0.2, 0.25) is 0 Å². The van der Waals surface area contributed by atoms with Gasteiger partial charge >= 0.3 is 0 Å². The number of hydrogen-bond donors (Lipinski definition) is 0. The third-order valence-corrected chi connectivity index (χ3v) is 0. The van der Waals surface area contributed by atoms with Crippen LogP contribution in [0.1, 0.15) is 0 Å². The Morgan fingerprint density at radius 3 is 1.00 bits per heavy atom. The van der Waals surface area contributed by atoms with E-state index in [1.807, 2.05) is 0 Å². The van der Waals surface area contributed by atoms with Gasteiger partial charge in [-0.1, -0.05) is 0 Å². The SMILES string of the molecule is F.[Al].[Mg].[Mn]. The van der Waals surface area contributed by atoms with Crippen LogP contribution in [-0.4, -0.2) is 40.4 Å². The Balaban J connectivity index is 0. The van der Waals surface area contributed by atoms with Gasteiger partial charge in [-0.2, -0.15) is 0 Å². The van der Waals surface area contributed by atoms with Crippen molar-refractivity contribution < 1.29 is 21.8 Å². The first-order chi connectivity index (χ1) is 0. The predicted molar refractivity (Wildman–Crippen MR) is 14.0 cm³/mol. The number of hydrogen-bond acceptors (Lipinski definition) is 0. The van der Waals surface area contributed by atoms with Crippen LogP contribution in [0, 0.1) is 0 Å². The summed E-state index contributed by atoms with van der Waals surface area (Å²) >= 11 is 0. The van der Waals surface area contributed by atoms with Crippen LogP contribution >= 0.6 is 0 Å². The van der Waals surface area contributed by atoms with Crippen molar-refractivity contribution in [3.63, 3.8) is 0 Å². The molecule has 0 N–H and O–H groups in total. The van der Waals surface area contributed by atoms with Crippen LogP contribution in [0.3, 0.4) is 0 Å². The Morgan fingerprint density at radius 1 is 1.00 bits per heavy atom. The molecule has 20 valence electrons. The van der Waals surface area contributed by atoms with Gasteiger partial charge in [-0.15, -0.1) is 0 Å². The van der Waals surface area contributed by atoms with E-state index in [4.69, 9.17) is 0 Å².